The molecule has 0 saturated carbocycles. The first-order valence-corrected chi connectivity index (χ1v) is 5.18. The van der Waals surface area contributed by atoms with Gasteiger partial charge in [-0.2, -0.15) is 0 Å². The Morgan fingerprint density at radius 3 is 2.65 bits per heavy atom. The smallest absolute Gasteiger partial charge is 0.308 e. The fourth-order valence-corrected chi connectivity index (χ4v) is 1.52. The van der Waals surface area contributed by atoms with Crippen LogP contribution in [0.2, 0.25) is 0 Å². The van der Waals surface area contributed by atoms with E-state index >= 15 is 0 Å². The third-order valence-corrected chi connectivity index (χ3v) is 2.55. The number of benzene rings is 1. The number of ether oxygens (including phenoxy) is 1. The summed E-state index contributed by atoms with van der Waals surface area (Å²) in [5.41, 5.74) is 1.11. The molecule has 0 saturated heterocycles. The zero-order valence-corrected chi connectivity index (χ0v) is 9.75. The lowest BCUT2D eigenvalue weighted by molar-refractivity contribution is -0.144. The summed E-state index contributed by atoms with van der Waals surface area (Å²) in [5.74, 6) is -0.607. The van der Waals surface area contributed by atoms with E-state index in [2.05, 4.69) is 4.74 Å². The van der Waals surface area contributed by atoms with Crippen LogP contribution in [0.1, 0.15) is 23.7 Å². The van der Waals surface area contributed by atoms with Crippen molar-refractivity contribution in [1.29, 1.82) is 0 Å². The molecule has 2 unspecified atom stereocenters. The van der Waals surface area contributed by atoms with Crippen LogP contribution in [-0.4, -0.2) is 34.5 Å². The molecule has 17 heavy (non-hydrogen) atoms. The Kier molecular flexibility index (Phi) is 4.48. The Labute approximate surface area is 99.3 Å². The van der Waals surface area contributed by atoms with Crippen LogP contribution in [0.25, 0.3) is 0 Å². The largest absolute Gasteiger partial charge is 0.508 e. The molecule has 0 aromatic heterocycles. The second-order valence-corrected chi connectivity index (χ2v) is 3.83. The third-order valence-electron chi connectivity index (χ3n) is 2.55. The first-order valence-electron chi connectivity index (χ1n) is 5.18. The van der Waals surface area contributed by atoms with Gasteiger partial charge in [0.1, 0.15) is 11.9 Å². The van der Waals surface area contributed by atoms with Gasteiger partial charge in [-0.3, -0.25) is 4.79 Å². The van der Waals surface area contributed by atoms with E-state index in [1.54, 1.807) is 13.0 Å². The van der Waals surface area contributed by atoms with Crippen molar-refractivity contribution in [1.82, 2.24) is 0 Å². The molecule has 5 nitrogen and oxygen atoms in total. The van der Waals surface area contributed by atoms with Gasteiger partial charge >= 0.3 is 5.97 Å². The highest BCUT2D eigenvalue weighted by Gasteiger charge is 2.23. The number of aryl methyl sites for hydroxylation is 1. The molecule has 0 spiro atoms. The summed E-state index contributed by atoms with van der Waals surface area (Å²) in [5, 5.41) is 28.8. The Morgan fingerprint density at radius 1 is 1.41 bits per heavy atom. The van der Waals surface area contributed by atoms with Crippen LogP contribution in [0.3, 0.4) is 0 Å². The predicted molar refractivity (Wildman–Crippen MR) is 60.4 cm³/mol. The molecule has 0 amide bonds. The zero-order valence-electron chi connectivity index (χ0n) is 9.75. The summed E-state index contributed by atoms with van der Waals surface area (Å²) in [7, 11) is 1.21. The first kappa shape index (κ1) is 13.5. The summed E-state index contributed by atoms with van der Waals surface area (Å²) in [6.07, 6.45) is -2.80. The number of hydrogen-bond acceptors (Lipinski definition) is 5. The van der Waals surface area contributed by atoms with E-state index in [-0.39, 0.29) is 12.2 Å². The molecule has 0 aliphatic carbocycles. The maximum Gasteiger partial charge on any atom is 0.308 e. The van der Waals surface area contributed by atoms with E-state index < -0.39 is 18.2 Å². The molecular formula is C12H16O5. The number of phenols is 1. The molecule has 2 atom stereocenters. The summed E-state index contributed by atoms with van der Waals surface area (Å²) in [4.78, 5) is 11.0. The molecular weight excluding hydrogens is 224 g/mol. The third kappa shape index (κ3) is 3.44. The van der Waals surface area contributed by atoms with Gasteiger partial charge in [-0.05, 0) is 30.2 Å². The minimum absolute atomic E-state index is 0.00471. The summed E-state index contributed by atoms with van der Waals surface area (Å²) in [6.45, 7) is 1.74. The van der Waals surface area contributed by atoms with Crippen molar-refractivity contribution >= 4 is 5.97 Å². The number of phenolic OH excluding ortho intramolecular Hbond substituents is 1. The minimum atomic E-state index is -1.26. The highest BCUT2D eigenvalue weighted by molar-refractivity contribution is 5.69. The second-order valence-electron chi connectivity index (χ2n) is 3.83. The van der Waals surface area contributed by atoms with Gasteiger partial charge in [0.15, 0.2) is 0 Å². The normalized spacial score (nSPS) is 14.1. The lowest BCUT2D eigenvalue weighted by Crippen LogP contribution is -2.23. The maximum atomic E-state index is 11.0. The topological polar surface area (TPSA) is 87.0 Å². The fraction of sp³-hybridized carbons (Fsp3) is 0.417. The van der Waals surface area contributed by atoms with Gasteiger partial charge in [0.2, 0.25) is 0 Å². The number of rotatable bonds is 4. The Morgan fingerprint density at radius 2 is 2.06 bits per heavy atom. The van der Waals surface area contributed by atoms with Crippen molar-refractivity contribution in [2.24, 2.45) is 0 Å². The monoisotopic (exact) mass is 240 g/mol. The van der Waals surface area contributed by atoms with Crippen molar-refractivity contribution < 1.29 is 24.9 Å². The first-order chi connectivity index (χ1) is 7.95. The number of aromatic hydroxyl groups is 1. The second kappa shape index (κ2) is 5.65. The van der Waals surface area contributed by atoms with E-state index in [4.69, 9.17) is 0 Å². The number of hydrogen-bond donors (Lipinski definition) is 3. The van der Waals surface area contributed by atoms with Crippen molar-refractivity contribution in [3.63, 3.8) is 0 Å². The average molecular weight is 240 g/mol. The van der Waals surface area contributed by atoms with Crippen LogP contribution >= 0.6 is 0 Å². The van der Waals surface area contributed by atoms with Crippen LogP contribution in [-0.2, 0) is 9.53 Å². The molecule has 0 bridgehead atoms. The molecule has 1 aromatic carbocycles. The molecule has 5 heteroatoms. The van der Waals surface area contributed by atoms with Gasteiger partial charge in [0.05, 0.1) is 19.6 Å². The van der Waals surface area contributed by atoms with Gasteiger partial charge in [-0.15, -0.1) is 0 Å². The highest BCUT2D eigenvalue weighted by Crippen LogP contribution is 2.26. The molecule has 1 aromatic rings. The van der Waals surface area contributed by atoms with Gasteiger partial charge in [0.25, 0.3) is 0 Å². The number of carbonyl (C=O) groups is 1. The lowest BCUT2D eigenvalue weighted by Gasteiger charge is -2.19. The van der Waals surface area contributed by atoms with Crippen LogP contribution in [0.4, 0.5) is 0 Å². The zero-order chi connectivity index (χ0) is 13.0. The van der Waals surface area contributed by atoms with Crippen LogP contribution in [0, 0.1) is 6.92 Å². The summed E-state index contributed by atoms with van der Waals surface area (Å²) >= 11 is 0. The van der Waals surface area contributed by atoms with E-state index in [0.717, 1.165) is 5.56 Å². The van der Waals surface area contributed by atoms with E-state index in [9.17, 15) is 20.1 Å². The van der Waals surface area contributed by atoms with Crippen LogP contribution in [0.5, 0.6) is 5.75 Å². The molecule has 0 aliphatic rings. The summed E-state index contributed by atoms with van der Waals surface area (Å²) in [6, 6.07) is 4.47. The van der Waals surface area contributed by atoms with Gasteiger partial charge in [-0.1, -0.05) is 6.07 Å². The fourth-order valence-electron chi connectivity index (χ4n) is 1.52. The number of aliphatic hydroxyl groups is 2. The average Bonchev–Trinajstić information content (AvgIpc) is 2.31. The highest BCUT2D eigenvalue weighted by atomic mass is 16.5. The maximum absolute atomic E-state index is 11.0. The Hall–Kier alpha value is -1.59. The Balaban J connectivity index is 2.84. The predicted octanol–water partition coefficient (Wildman–Crippen LogP) is 0.658. The number of aliphatic hydroxyl groups excluding tert-OH is 2. The number of methoxy groups -OCH3 is 1. The van der Waals surface area contributed by atoms with E-state index in [1.807, 2.05) is 0 Å². The van der Waals surface area contributed by atoms with Crippen LogP contribution < -0.4 is 0 Å². The molecule has 0 radical (unpaired) electrons. The van der Waals surface area contributed by atoms with Crippen molar-refractivity contribution in [3.8, 4) is 5.75 Å². The Bertz CT molecular complexity index is 402. The molecule has 0 heterocycles. The van der Waals surface area contributed by atoms with Gasteiger partial charge in [0, 0.05) is 0 Å². The SMILES string of the molecule is COC(=O)CC(O)C(O)c1cc(O)ccc1C. The van der Waals surface area contributed by atoms with E-state index in [0.29, 0.717) is 5.56 Å². The summed E-state index contributed by atoms with van der Waals surface area (Å²) < 4.78 is 4.40. The lowest BCUT2D eigenvalue weighted by atomic mass is 9.97. The van der Waals surface area contributed by atoms with Gasteiger partial charge < -0.3 is 20.1 Å². The van der Waals surface area contributed by atoms with Crippen molar-refractivity contribution in [2.45, 2.75) is 25.6 Å². The molecule has 94 valence electrons. The minimum Gasteiger partial charge on any atom is -0.508 e. The number of esters is 1. The molecule has 0 aliphatic heterocycles. The molecule has 3 N–H and O–H groups in total. The van der Waals surface area contributed by atoms with E-state index in [1.165, 1.54) is 19.2 Å². The van der Waals surface area contributed by atoms with Crippen molar-refractivity contribution in [2.75, 3.05) is 7.11 Å². The van der Waals surface area contributed by atoms with Crippen molar-refractivity contribution in [3.05, 3.63) is 29.3 Å². The standard InChI is InChI=1S/C12H16O5/c1-7-3-4-8(13)5-9(7)12(16)10(14)6-11(15)17-2/h3-5,10,12-14,16H,6H2,1-2H3. The molecule has 0 fully saturated rings. The number of carbonyl (C=O) groups excluding carboxylic acids is 1. The molecule has 1 rings (SSSR count). The quantitative estimate of drug-likeness (QED) is 0.673. The van der Waals surface area contributed by atoms with Crippen LogP contribution in [0.15, 0.2) is 18.2 Å². The van der Waals surface area contributed by atoms with Gasteiger partial charge in [-0.25, -0.2) is 0 Å².